The Morgan fingerprint density at radius 3 is 0.488 bits per heavy atom. The van der Waals surface area contributed by atoms with Crippen LogP contribution in [0.15, 0.2) is 0 Å². The monoisotopic (exact) mass is 824 g/mol. The normalized spacial score (nSPS) is 15.8. The zero-order valence-corrected chi connectivity index (χ0v) is 30.2. The van der Waals surface area contributed by atoms with Crippen molar-refractivity contribution in [1.82, 2.24) is 0 Å². The molecule has 0 atom stereocenters. The second-order valence-electron chi connectivity index (χ2n) is 7.20. The minimum Gasteiger partial charge on any atom is -0.389 e. The summed E-state index contributed by atoms with van der Waals surface area (Å²) < 4.78 is 33.6. The third-order valence-corrected chi connectivity index (χ3v) is 23.7. The van der Waals surface area contributed by atoms with Gasteiger partial charge in [0.05, 0.1) is 12.3 Å². The van der Waals surface area contributed by atoms with Crippen molar-refractivity contribution in [2.75, 3.05) is 12.3 Å². The summed E-state index contributed by atoms with van der Waals surface area (Å²) in [6.07, 6.45) is -2.27. The summed E-state index contributed by atoms with van der Waals surface area (Å²) in [5.41, 5.74) is 9.68. The standard InChI is InChI=1S/C2H28N2O29Si10/c3-1-34(5,6)25-36(9,10)27-38(13,14)29-40(17,18)31-42(21,22)33-43(23,24)32-41(19,20)30-39(15,16)28-37(11,12)26-35(7,8)2-4/h5-24H,1-4H2. The molecule has 0 rings (SSSR count). The summed E-state index contributed by atoms with van der Waals surface area (Å²) >= 11 is 0. The van der Waals surface area contributed by atoms with E-state index in [0.29, 0.717) is 0 Å². The van der Waals surface area contributed by atoms with Gasteiger partial charge in [-0.05, 0) is 0 Å². The molecule has 24 N–H and O–H groups in total. The second-order valence-corrected chi connectivity index (χ2v) is 27.1. The molecule has 43 heavy (non-hydrogen) atoms. The predicted octanol–water partition coefficient (Wildman–Crippen LogP) is -16.7. The third-order valence-electron chi connectivity index (χ3n) is 2.99. The number of rotatable bonds is 20. The second kappa shape index (κ2) is 14.6. The van der Waals surface area contributed by atoms with Gasteiger partial charge in [-0.15, -0.1) is 0 Å². The zero-order chi connectivity index (χ0) is 34.8. The summed E-state index contributed by atoms with van der Waals surface area (Å²) in [6.45, 7) is 0. The molecule has 0 fully saturated rings. The van der Waals surface area contributed by atoms with E-state index in [0.717, 1.165) is 0 Å². The van der Waals surface area contributed by atoms with Crippen LogP contribution in [-0.2, 0) is 37.0 Å². The first-order valence-corrected chi connectivity index (χ1v) is 27.4. The first kappa shape index (κ1) is 43.9. The highest BCUT2D eigenvalue weighted by molar-refractivity contribution is 6.80. The van der Waals surface area contributed by atoms with Gasteiger partial charge in [-0.25, -0.2) is 0 Å². The Balaban J connectivity index is 5.47. The van der Waals surface area contributed by atoms with Gasteiger partial charge in [0.2, 0.25) is 0 Å². The van der Waals surface area contributed by atoms with Gasteiger partial charge in [0.1, 0.15) is 0 Å². The Labute approximate surface area is 246 Å². The van der Waals surface area contributed by atoms with Crippen molar-refractivity contribution < 1.29 is 133 Å². The Hall–Kier alpha value is 0.929. The highest BCUT2D eigenvalue weighted by Crippen LogP contribution is 2.21. The van der Waals surface area contributed by atoms with Crippen LogP contribution in [0.4, 0.5) is 0 Å². The number of hydrogen-bond donors (Lipinski definition) is 22. The third kappa shape index (κ3) is 19.4. The number of nitrogens with two attached hydrogens (primary N) is 2. The van der Waals surface area contributed by atoms with Crippen molar-refractivity contribution in [2.45, 2.75) is 0 Å². The number of hydrogen-bond acceptors (Lipinski definition) is 31. The molecule has 0 bridgehead atoms. The van der Waals surface area contributed by atoms with Crippen molar-refractivity contribution in [2.24, 2.45) is 11.5 Å². The molecule has 0 aromatic heterocycles. The maximum atomic E-state index is 9.62. The van der Waals surface area contributed by atoms with Gasteiger partial charge in [0.15, 0.2) is 0 Å². The topological polar surface area (TPSA) is 540 Å². The largest absolute Gasteiger partial charge is 0.662 e. The molecule has 0 amide bonds. The Kier molecular flexibility index (Phi) is 14.9. The molecule has 260 valence electrons. The lowest BCUT2D eigenvalue weighted by Gasteiger charge is -2.32. The van der Waals surface area contributed by atoms with Crippen LogP contribution in [0.25, 0.3) is 0 Å². The molecule has 0 aromatic rings. The maximum absolute atomic E-state index is 9.62. The van der Waals surface area contributed by atoms with Crippen LogP contribution in [0.1, 0.15) is 0 Å². The molecule has 0 unspecified atom stereocenters. The smallest absolute Gasteiger partial charge is 0.389 e. The SMILES string of the molecule is NC[Si](O)(O)O[Si](O)(O)O[Si](O)(O)O[Si](O)(O)O[Si](O)(O)O[Si](O)(O)O[Si](O)(O)O[Si](O)(O)O[Si](O)(O)O[Si](O)(O)CN. The minimum atomic E-state index is -6.58. The van der Waals surface area contributed by atoms with Gasteiger partial charge in [-0.2, -0.15) is 0 Å². The molecule has 0 aliphatic carbocycles. The van der Waals surface area contributed by atoms with E-state index < -0.39 is 102 Å². The van der Waals surface area contributed by atoms with Gasteiger partial charge >= 0.3 is 90.0 Å². The maximum Gasteiger partial charge on any atom is 0.662 e. The molecule has 0 saturated carbocycles. The molecule has 0 radical (unpaired) electrons. The fraction of sp³-hybridized carbons (Fsp3) is 1.00. The molecule has 0 aliphatic rings. The van der Waals surface area contributed by atoms with E-state index in [4.69, 9.17) is 11.5 Å². The average Bonchev–Trinajstić information content (AvgIpc) is 2.58. The summed E-state index contributed by atoms with van der Waals surface area (Å²) in [5, 5.41) is 0. The Bertz CT molecular complexity index is 818. The molecule has 0 saturated heterocycles. The van der Waals surface area contributed by atoms with E-state index in [1.54, 1.807) is 0 Å². The first-order chi connectivity index (χ1) is 18.5. The molecule has 0 aliphatic heterocycles. The van der Waals surface area contributed by atoms with Crippen LogP contribution in [0.3, 0.4) is 0 Å². The van der Waals surface area contributed by atoms with Gasteiger partial charge in [0, 0.05) is 0 Å². The van der Waals surface area contributed by atoms with E-state index in [9.17, 15) is 95.9 Å². The molecular formula is C2H28N2O29Si10. The lowest BCUT2D eigenvalue weighted by Crippen LogP contribution is -2.70. The quantitative estimate of drug-likeness (QED) is 0.0507. The fourth-order valence-corrected chi connectivity index (χ4v) is 20.0. The predicted molar refractivity (Wildman–Crippen MR) is 130 cm³/mol. The Morgan fingerprint density at radius 2 is 0.372 bits per heavy atom. The van der Waals surface area contributed by atoms with E-state index in [1.165, 1.54) is 0 Å². The summed E-state index contributed by atoms with van der Waals surface area (Å²) in [5.74, 6) is 0. The average molecular weight is 825 g/mol. The highest BCUT2D eigenvalue weighted by Gasteiger charge is 2.67. The summed E-state index contributed by atoms with van der Waals surface area (Å²) in [4.78, 5) is 190. The van der Waals surface area contributed by atoms with Crippen molar-refractivity contribution in [3.63, 3.8) is 0 Å². The highest BCUT2D eigenvalue weighted by atomic mass is 28.6. The lowest BCUT2D eigenvalue weighted by molar-refractivity contribution is -0.0273. The van der Waals surface area contributed by atoms with E-state index in [-0.39, 0.29) is 0 Å². The molecule has 0 heterocycles. The Morgan fingerprint density at radius 1 is 0.256 bits per heavy atom. The summed E-state index contributed by atoms with van der Waals surface area (Å²) in [7, 11) is -61.1. The van der Waals surface area contributed by atoms with Crippen LogP contribution < -0.4 is 11.5 Å². The zero-order valence-electron chi connectivity index (χ0n) is 20.2. The van der Waals surface area contributed by atoms with Crippen molar-refractivity contribution in [3.8, 4) is 0 Å². The van der Waals surface area contributed by atoms with Crippen LogP contribution in [0.5, 0.6) is 0 Å². The van der Waals surface area contributed by atoms with Crippen LogP contribution in [0, 0.1) is 0 Å². The van der Waals surface area contributed by atoms with E-state index >= 15 is 0 Å². The molecule has 31 nitrogen and oxygen atoms in total. The minimum absolute atomic E-state index is 1.13. The van der Waals surface area contributed by atoms with Crippen LogP contribution in [-0.4, -0.2) is 198 Å². The van der Waals surface area contributed by atoms with Crippen LogP contribution in [0.2, 0.25) is 0 Å². The van der Waals surface area contributed by atoms with E-state index in [2.05, 4.69) is 37.0 Å². The van der Waals surface area contributed by atoms with Gasteiger partial charge < -0.3 is 144 Å². The van der Waals surface area contributed by atoms with Crippen LogP contribution >= 0.6 is 0 Å². The fourth-order valence-electron chi connectivity index (χ4n) is 1.89. The van der Waals surface area contributed by atoms with Crippen molar-refractivity contribution in [3.05, 3.63) is 0 Å². The van der Waals surface area contributed by atoms with Gasteiger partial charge in [-0.3, -0.25) is 0 Å². The first-order valence-electron chi connectivity index (χ1n) is 9.67. The molecular weight excluding hydrogens is 797 g/mol. The molecule has 41 heteroatoms. The van der Waals surface area contributed by atoms with Gasteiger partial charge in [0.25, 0.3) is 0 Å². The van der Waals surface area contributed by atoms with Crippen molar-refractivity contribution >= 4 is 90.0 Å². The molecule has 0 spiro atoms. The van der Waals surface area contributed by atoms with Gasteiger partial charge in [-0.1, -0.05) is 0 Å². The summed E-state index contributed by atoms with van der Waals surface area (Å²) in [6, 6.07) is 0. The molecule has 0 aromatic carbocycles. The lowest BCUT2D eigenvalue weighted by atomic mass is 11.5. The van der Waals surface area contributed by atoms with Crippen molar-refractivity contribution in [1.29, 1.82) is 0 Å². The van der Waals surface area contributed by atoms with E-state index in [1.807, 2.05) is 0 Å².